The summed E-state index contributed by atoms with van der Waals surface area (Å²) in [6.45, 7) is 5.57. The molecule has 0 aromatic rings. The van der Waals surface area contributed by atoms with Crippen LogP contribution in [0.15, 0.2) is 0 Å². The van der Waals surface area contributed by atoms with Gasteiger partial charge in [0, 0.05) is 6.54 Å². The maximum absolute atomic E-state index is 11.7. The Hall–Kier alpha value is -0.620. The van der Waals surface area contributed by atoms with Gasteiger partial charge >= 0.3 is 5.97 Å². The minimum atomic E-state index is -3.37. The highest BCUT2D eigenvalue weighted by Crippen LogP contribution is 2.25. The standard InChI is InChI=1S/C9H17NO4S/c1-6(2)8(9(11)12)10-4-7(3)5-15(10,13)14/h6-8H,4-5H2,1-3H3,(H,11,12). The number of aliphatic carboxylic acids is 1. The second kappa shape index (κ2) is 4.09. The smallest absolute Gasteiger partial charge is 0.322 e. The van der Waals surface area contributed by atoms with Crippen molar-refractivity contribution < 1.29 is 18.3 Å². The summed E-state index contributed by atoms with van der Waals surface area (Å²) < 4.78 is 24.5. The van der Waals surface area contributed by atoms with Crippen molar-refractivity contribution in [1.82, 2.24) is 4.31 Å². The normalized spacial score (nSPS) is 28.1. The van der Waals surface area contributed by atoms with Gasteiger partial charge in [-0.15, -0.1) is 0 Å². The zero-order valence-corrected chi connectivity index (χ0v) is 9.99. The van der Waals surface area contributed by atoms with E-state index in [1.807, 2.05) is 6.92 Å². The third-order valence-corrected chi connectivity index (χ3v) is 4.62. The van der Waals surface area contributed by atoms with E-state index in [9.17, 15) is 13.2 Å². The van der Waals surface area contributed by atoms with E-state index in [-0.39, 0.29) is 17.6 Å². The quantitative estimate of drug-likeness (QED) is 0.767. The predicted molar refractivity (Wildman–Crippen MR) is 55.9 cm³/mol. The molecule has 0 aromatic carbocycles. The van der Waals surface area contributed by atoms with Gasteiger partial charge in [0.2, 0.25) is 10.0 Å². The summed E-state index contributed by atoms with van der Waals surface area (Å²) in [5, 5.41) is 9.02. The highest BCUT2D eigenvalue weighted by molar-refractivity contribution is 7.89. The van der Waals surface area contributed by atoms with Gasteiger partial charge in [0.05, 0.1) is 5.75 Å². The largest absolute Gasteiger partial charge is 0.480 e. The van der Waals surface area contributed by atoms with E-state index < -0.39 is 22.0 Å². The van der Waals surface area contributed by atoms with Crippen LogP contribution < -0.4 is 0 Å². The van der Waals surface area contributed by atoms with Gasteiger partial charge in [-0.25, -0.2) is 8.42 Å². The van der Waals surface area contributed by atoms with Crippen LogP contribution in [0.4, 0.5) is 0 Å². The number of sulfonamides is 1. The highest BCUT2D eigenvalue weighted by Gasteiger charge is 2.42. The molecular formula is C9H17NO4S. The van der Waals surface area contributed by atoms with Crippen LogP contribution in [-0.2, 0) is 14.8 Å². The monoisotopic (exact) mass is 235 g/mol. The van der Waals surface area contributed by atoms with Crippen molar-refractivity contribution in [2.24, 2.45) is 11.8 Å². The van der Waals surface area contributed by atoms with Gasteiger partial charge < -0.3 is 5.11 Å². The van der Waals surface area contributed by atoms with Crippen LogP contribution in [0.3, 0.4) is 0 Å². The number of hydrogen-bond acceptors (Lipinski definition) is 3. The number of hydrogen-bond donors (Lipinski definition) is 1. The molecule has 2 unspecified atom stereocenters. The molecule has 1 fully saturated rings. The lowest BCUT2D eigenvalue weighted by molar-refractivity contribution is -0.142. The second-order valence-electron chi connectivity index (χ2n) is 4.48. The molecule has 0 amide bonds. The van der Waals surface area contributed by atoms with Gasteiger partial charge in [-0.2, -0.15) is 4.31 Å². The van der Waals surface area contributed by atoms with Crippen molar-refractivity contribution >= 4 is 16.0 Å². The molecule has 5 nitrogen and oxygen atoms in total. The maximum Gasteiger partial charge on any atom is 0.322 e. The van der Waals surface area contributed by atoms with Crippen molar-refractivity contribution in [3.63, 3.8) is 0 Å². The predicted octanol–water partition coefficient (Wildman–Crippen LogP) is 0.377. The first-order valence-electron chi connectivity index (χ1n) is 4.98. The third kappa shape index (κ3) is 2.49. The fraction of sp³-hybridized carbons (Fsp3) is 0.889. The minimum absolute atomic E-state index is 0.00981. The first kappa shape index (κ1) is 12.4. The topological polar surface area (TPSA) is 74.7 Å². The van der Waals surface area contributed by atoms with Crippen molar-refractivity contribution in [3.8, 4) is 0 Å². The molecule has 1 N–H and O–H groups in total. The maximum atomic E-state index is 11.7. The molecule has 0 saturated carbocycles. The van der Waals surface area contributed by atoms with Crippen LogP contribution in [0, 0.1) is 11.8 Å². The number of rotatable bonds is 3. The van der Waals surface area contributed by atoms with Gasteiger partial charge in [0.25, 0.3) is 0 Å². The summed E-state index contributed by atoms with van der Waals surface area (Å²) in [5.41, 5.74) is 0. The Labute approximate surface area is 90.1 Å². The molecule has 0 bridgehead atoms. The Morgan fingerprint density at radius 2 is 2.00 bits per heavy atom. The van der Waals surface area contributed by atoms with Gasteiger partial charge in [0.1, 0.15) is 6.04 Å². The first-order chi connectivity index (χ1) is 6.75. The van der Waals surface area contributed by atoms with E-state index in [2.05, 4.69) is 0 Å². The van der Waals surface area contributed by atoms with Crippen LogP contribution in [0.25, 0.3) is 0 Å². The Morgan fingerprint density at radius 1 is 1.47 bits per heavy atom. The molecule has 0 radical (unpaired) electrons. The van der Waals surface area contributed by atoms with Crippen molar-refractivity contribution in [2.45, 2.75) is 26.8 Å². The molecule has 1 aliphatic rings. The fourth-order valence-corrected chi connectivity index (χ4v) is 4.13. The van der Waals surface area contributed by atoms with Gasteiger partial charge in [-0.05, 0) is 11.8 Å². The second-order valence-corrected chi connectivity index (χ2v) is 6.45. The molecule has 88 valence electrons. The lowest BCUT2D eigenvalue weighted by Crippen LogP contribution is -2.45. The molecule has 1 saturated heterocycles. The molecule has 0 aliphatic carbocycles. The van der Waals surface area contributed by atoms with Gasteiger partial charge in [-0.1, -0.05) is 20.8 Å². The van der Waals surface area contributed by atoms with Crippen LogP contribution in [0.1, 0.15) is 20.8 Å². The fourth-order valence-electron chi connectivity index (χ4n) is 1.96. The van der Waals surface area contributed by atoms with E-state index in [4.69, 9.17) is 5.11 Å². The summed E-state index contributed by atoms with van der Waals surface area (Å²) in [6.07, 6.45) is 0. The number of carboxylic acids is 1. The van der Waals surface area contributed by atoms with Crippen LogP contribution in [0.2, 0.25) is 0 Å². The number of carbonyl (C=O) groups is 1. The number of carboxylic acid groups (broad SMARTS) is 1. The molecule has 1 aliphatic heterocycles. The molecule has 1 heterocycles. The molecule has 6 heteroatoms. The Kier molecular flexibility index (Phi) is 3.40. The Bertz CT molecular complexity index is 349. The molecular weight excluding hydrogens is 218 g/mol. The van der Waals surface area contributed by atoms with E-state index in [0.29, 0.717) is 6.54 Å². The zero-order chi connectivity index (χ0) is 11.8. The van der Waals surface area contributed by atoms with Crippen LogP contribution >= 0.6 is 0 Å². The molecule has 0 spiro atoms. The van der Waals surface area contributed by atoms with Gasteiger partial charge in [-0.3, -0.25) is 4.79 Å². The summed E-state index contributed by atoms with van der Waals surface area (Å²) in [7, 11) is -3.37. The summed E-state index contributed by atoms with van der Waals surface area (Å²) in [4.78, 5) is 11.0. The first-order valence-corrected chi connectivity index (χ1v) is 6.59. The summed E-state index contributed by atoms with van der Waals surface area (Å²) in [5.74, 6) is -1.22. The average Bonchev–Trinajstić information content (AvgIpc) is 2.23. The van der Waals surface area contributed by atoms with Crippen LogP contribution in [-0.4, -0.2) is 42.1 Å². The van der Waals surface area contributed by atoms with E-state index in [0.717, 1.165) is 4.31 Å². The Balaban J connectivity index is 3.00. The van der Waals surface area contributed by atoms with E-state index >= 15 is 0 Å². The SMILES string of the molecule is CC1CN(C(C(=O)O)C(C)C)S(=O)(=O)C1. The highest BCUT2D eigenvalue weighted by atomic mass is 32.2. The zero-order valence-electron chi connectivity index (χ0n) is 9.17. The Morgan fingerprint density at radius 3 is 2.27 bits per heavy atom. The summed E-state index contributed by atoms with van der Waals surface area (Å²) in [6, 6.07) is -0.931. The van der Waals surface area contributed by atoms with E-state index in [1.165, 1.54) is 0 Å². The third-order valence-electron chi connectivity index (χ3n) is 2.54. The molecule has 1 rings (SSSR count). The van der Waals surface area contributed by atoms with Crippen molar-refractivity contribution in [3.05, 3.63) is 0 Å². The van der Waals surface area contributed by atoms with Crippen LogP contribution in [0.5, 0.6) is 0 Å². The summed E-state index contributed by atoms with van der Waals surface area (Å²) >= 11 is 0. The molecule has 15 heavy (non-hydrogen) atoms. The van der Waals surface area contributed by atoms with Gasteiger partial charge in [0.15, 0.2) is 0 Å². The molecule has 2 atom stereocenters. The van der Waals surface area contributed by atoms with E-state index in [1.54, 1.807) is 13.8 Å². The average molecular weight is 235 g/mol. The number of nitrogens with zero attached hydrogens (tertiary/aromatic N) is 1. The molecule has 0 aromatic heterocycles. The van der Waals surface area contributed by atoms with Crippen molar-refractivity contribution in [1.29, 1.82) is 0 Å². The minimum Gasteiger partial charge on any atom is -0.480 e. The lowest BCUT2D eigenvalue weighted by Gasteiger charge is -2.25. The lowest BCUT2D eigenvalue weighted by atomic mass is 10.0. The van der Waals surface area contributed by atoms with Crippen molar-refractivity contribution in [2.75, 3.05) is 12.3 Å².